The highest BCUT2D eigenvalue weighted by Crippen LogP contribution is 2.43. The zero-order valence-corrected chi connectivity index (χ0v) is 20.4. The van der Waals surface area contributed by atoms with Gasteiger partial charge in [-0.1, -0.05) is 18.2 Å². The number of rotatable bonds is 5. The first kappa shape index (κ1) is 25.4. The number of carbonyl (C=O) groups is 1. The molecule has 10 heteroatoms. The minimum absolute atomic E-state index is 0.0441. The van der Waals surface area contributed by atoms with Gasteiger partial charge in [0.05, 0.1) is 28.5 Å². The van der Waals surface area contributed by atoms with E-state index in [1.165, 1.54) is 18.2 Å². The van der Waals surface area contributed by atoms with Gasteiger partial charge in [-0.2, -0.15) is 13.2 Å². The lowest BCUT2D eigenvalue weighted by molar-refractivity contribution is -0.137. The monoisotopic (exact) mass is 540 g/mol. The molecule has 1 aliphatic heterocycles. The van der Waals surface area contributed by atoms with Crippen LogP contribution >= 0.6 is 11.6 Å². The van der Waals surface area contributed by atoms with E-state index in [4.69, 9.17) is 21.1 Å². The van der Waals surface area contributed by atoms with Crippen LogP contribution in [0.2, 0.25) is 5.02 Å². The minimum Gasteiger partial charge on any atom is -0.512 e. The Hall–Kier alpha value is -4.24. The molecule has 2 N–H and O–H groups in total. The molecule has 4 aromatic rings. The quantitative estimate of drug-likeness (QED) is 0.252. The number of aliphatic hydroxyl groups excluding tert-OH is 1. The molecule has 1 aromatic heterocycles. The van der Waals surface area contributed by atoms with Crippen LogP contribution in [0.5, 0.6) is 17.2 Å². The number of hydrogen-bond donors (Lipinski definition) is 2. The molecule has 5 rings (SSSR count). The number of amides is 1. The second kappa shape index (κ2) is 9.90. The van der Waals surface area contributed by atoms with Crippen molar-refractivity contribution >= 4 is 34.2 Å². The molecule has 0 aliphatic carbocycles. The van der Waals surface area contributed by atoms with Crippen molar-refractivity contribution in [1.29, 1.82) is 0 Å². The zero-order valence-electron chi connectivity index (χ0n) is 19.7. The van der Waals surface area contributed by atoms with Crippen molar-refractivity contribution < 1.29 is 32.5 Å². The fourth-order valence-corrected chi connectivity index (χ4v) is 4.39. The predicted molar refractivity (Wildman–Crippen MR) is 137 cm³/mol. The van der Waals surface area contributed by atoms with Gasteiger partial charge in [-0.15, -0.1) is 0 Å². The molecule has 6 nitrogen and oxygen atoms in total. The standard InChI is InChI=1S/C28H20ClF3N2O4/c1-15(35)20-10-11-37-24-14-25(22(29)13-21(20)24)38-19-6-2-16(3-7-19)27(36)34-26-9-4-17-12-18(28(30,31)32)5-8-23(17)33-26/h2-9,12-14,20,35H,1,10-11H2,(H,33,34,36). The number of pyridine rings is 1. The zero-order chi connectivity index (χ0) is 27.0. The number of hydrogen-bond acceptors (Lipinski definition) is 5. The van der Waals surface area contributed by atoms with Crippen molar-refractivity contribution in [3.05, 3.63) is 101 Å². The fraction of sp³-hybridized carbons (Fsp3) is 0.143. The molecule has 0 saturated carbocycles. The summed E-state index contributed by atoms with van der Waals surface area (Å²) >= 11 is 6.41. The Morgan fingerprint density at radius 3 is 2.58 bits per heavy atom. The number of nitrogens with zero attached hydrogens (tertiary/aromatic N) is 1. The Morgan fingerprint density at radius 1 is 1.11 bits per heavy atom. The lowest BCUT2D eigenvalue weighted by atomic mass is 9.92. The summed E-state index contributed by atoms with van der Waals surface area (Å²) in [5.41, 5.74) is 0.600. The summed E-state index contributed by atoms with van der Waals surface area (Å²) in [4.78, 5) is 16.9. The minimum atomic E-state index is -4.45. The molecule has 1 atom stereocenters. The summed E-state index contributed by atoms with van der Waals surface area (Å²) in [6, 6.07) is 15.7. The van der Waals surface area contributed by atoms with E-state index >= 15 is 0 Å². The number of ether oxygens (including phenoxy) is 2. The number of allylic oxidation sites excluding steroid dienone is 1. The van der Waals surface area contributed by atoms with Crippen LogP contribution in [0.1, 0.15) is 33.8 Å². The number of aliphatic hydroxyl groups is 1. The number of halogens is 4. The van der Waals surface area contributed by atoms with Crippen molar-refractivity contribution in [2.75, 3.05) is 11.9 Å². The van der Waals surface area contributed by atoms with E-state index in [0.29, 0.717) is 51.8 Å². The largest absolute Gasteiger partial charge is 0.512 e. The Morgan fingerprint density at radius 2 is 1.87 bits per heavy atom. The Kier molecular flexibility index (Phi) is 6.62. The lowest BCUT2D eigenvalue weighted by Crippen LogP contribution is -2.15. The molecule has 0 saturated heterocycles. The van der Waals surface area contributed by atoms with Gasteiger partial charge in [0.2, 0.25) is 0 Å². The molecule has 0 fully saturated rings. The Balaban J connectivity index is 1.28. The summed E-state index contributed by atoms with van der Waals surface area (Å²) in [6.07, 6.45) is -3.86. The van der Waals surface area contributed by atoms with Crippen LogP contribution in [0.15, 0.2) is 79.1 Å². The smallest absolute Gasteiger partial charge is 0.416 e. The Labute approximate surface area is 220 Å². The third-order valence-electron chi connectivity index (χ3n) is 6.11. The first-order chi connectivity index (χ1) is 18.1. The van der Waals surface area contributed by atoms with Crippen LogP contribution < -0.4 is 14.8 Å². The third kappa shape index (κ3) is 5.24. The molecule has 38 heavy (non-hydrogen) atoms. The molecule has 3 aromatic carbocycles. The molecule has 0 spiro atoms. The highest BCUT2D eigenvalue weighted by atomic mass is 35.5. The molecule has 0 radical (unpaired) electrons. The van der Waals surface area contributed by atoms with Gasteiger partial charge in [-0.3, -0.25) is 4.79 Å². The van der Waals surface area contributed by atoms with Gasteiger partial charge in [0.1, 0.15) is 23.1 Å². The van der Waals surface area contributed by atoms with E-state index in [1.54, 1.807) is 36.4 Å². The molecule has 0 bridgehead atoms. The van der Waals surface area contributed by atoms with E-state index < -0.39 is 17.6 Å². The summed E-state index contributed by atoms with van der Waals surface area (Å²) in [7, 11) is 0. The average Bonchev–Trinajstić information content (AvgIpc) is 2.88. The Bertz CT molecular complexity index is 1550. The van der Waals surface area contributed by atoms with Crippen molar-refractivity contribution in [1.82, 2.24) is 4.98 Å². The number of benzene rings is 3. The van der Waals surface area contributed by atoms with Crippen LogP contribution in [0, 0.1) is 0 Å². The molecular weight excluding hydrogens is 521 g/mol. The van der Waals surface area contributed by atoms with E-state index in [0.717, 1.165) is 17.7 Å². The normalized spacial score (nSPS) is 14.9. The van der Waals surface area contributed by atoms with E-state index in [9.17, 15) is 23.1 Å². The van der Waals surface area contributed by atoms with Gasteiger partial charge in [0.25, 0.3) is 5.91 Å². The average molecular weight is 541 g/mol. The van der Waals surface area contributed by atoms with Crippen LogP contribution in [-0.2, 0) is 6.18 Å². The van der Waals surface area contributed by atoms with E-state index in [1.807, 2.05) is 0 Å². The summed E-state index contributed by atoms with van der Waals surface area (Å²) in [6.45, 7) is 4.04. The van der Waals surface area contributed by atoms with Crippen molar-refractivity contribution in [3.8, 4) is 17.2 Å². The van der Waals surface area contributed by atoms with Crippen LogP contribution in [-0.4, -0.2) is 22.6 Å². The van der Waals surface area contributed by atoms with E-state index in [-0.39, 0.29) is 17.5 Å². The summed E-state index contributed by atoms with van der Waals surface area (Å²) in [5, 5.41) is 13.1. The topological polar surface area (TPSA) is 80.7 Å². The molecule has 1 amide bonds. The first-order valence-corrected chi connectivity index (χ1v) is 11.9. The van der Waals surface area contributed by atoms with E-state index in [2.05, 4.69) is 16.9 Å². The molecule has 194 valence electrons. The van der Waals surface area contributed by atoms with Gasteiger partial charge >= 0.3 is 6.18 Å². The third-order valence-corrected chi connectivity index (χ3v) is 6.40. The van der Waals surface area contributed by atoms with Crippen LogP contribution in [0.4, 0.5) is 19.0 Å². The number of nitrogens with one attached hydrogen (secondary N) is 1. The van der Waals surface area contributed by atoms with Crippen molar-refractivity contribution in [2.24, 2.45) is 0 Å². The number of carbonyl (C=O) groups excluding carboxylic acids is 1. The second-order valence-electron chi connectivity index (χ2n) is 8.68. The second-order valence-corrected chi connectivity index (χ2v) is 9.09. The van der Waals surface area contributed by atoms with Gasteiger partial charge in [0, 0.05) is 28.5 Å². The maximum atomic E-state index is 12.9. The summed E-state index contributed by atoms with van der Waals surface area (Å²) in [5.74, 6) is 0.843. The summed E-state index contributed by atoms with van der Waals surface area (Å²) < 4.78 is 50.3. The number of alkyl halides is 3. The fourth-order valence-electron chi connectivity index (χ4n) is 4.18. The van der Waals surface area contributed by atoms with Gasteiger partial charge in [-0.05, 0) is 67.1 Å². The lowest BCUT2D eigenvalue weighted by Gasteiger charge is -2.26. The maximum Gasteiger partial charge on any atom is 0.416 e. The van der Waals surface area contributed by atoms with Crippen LogP contribution in [0.3, 0.4) is 0 Å². The maximum absolute atomic E-state index is 12.9. The van der Waals surface area contributed by atoms with Crippen molar-refractivity contribution in [2.45, 2.75) is 18.5 Å². The van der Waals surface area contributed by atoms with Gasteiger partial charge < -0.3 is 19.9 Å². The molecular formula is C28H20ClF3N2O4. The van der Waals surface area contributed by atoms with Crippen LogP contribution in [0.25, 0.3) is 10.9 Å². The van der Waals surface area contributed by atoms with Gasteiger partial charge in [0.15, 0.2) is 0 Å². The first-order valence-electron chi connectivity index (χ1n) is 11.5. The number of aromatic nitrogens is 1. The van der Waals surface area contributed by atoms with Crippen molar-refractivity contribution in [3.63, 3.8) is 0 Å². The van der Waals surface area contributed by atoms with Gasteiger partial charge in [-0.25, -0.2) is 4.98 Å². The molecule has 1 aliphatic rings. The molecule has 1 unspecified atom stereocenters. The predicted octanol–water partition coefficient (Wildman–Crippen LogP) is 7.89. The SMILES string of the molecule is C=C(O)C1CCOc2cc(Oc3ccc(C(=O)Nc4ccc5cc(C(F)(F)F)ccc5n4)cc3)c(Cl)cc21. The number of fused-ring (bicyclic) bond motifs is 2. The number of anilines is 1. The molecule has 2 heterocycles. The highest BCUT2D eigenvalue weighted by molar-refractivity contribution is 6.32. The highest BCUT2D eigenvalue weighted by Gasteiger charge is 2.30.